The zero-order valence-corrected chi connectivity index (χ0v) is 14.6. The first-order chi connectivity index (χ1) is 11.4. The summed E-state index contributed by atoms with van der Waals surface area (Å²) in [6, 6.07) is 6.69. The van der Waals surface area contributed by atoms with Crippen LogP contribution in [0, 0.1) is 6.92 Å². The van der Waals surface area contributed by atoms with Crippen LogP contribution in [0.1, 0.15) is 35.0 Å². The van der Waals surface area contributed by atoms with E-state index in [0.717, 1.165) is 0 Å². The fourth-order valence-corrected chi connectivity index (χ4v) is 2.65. The Kier molecular flexibility index (Phi) is 5.92. The SMILES string of the molecule is CSc1nc(C)c(CCC(=O)Nc2ccc(C(C)=O)cc2)c(=O)[nH]1. The molecule has 7 heteroatoms. The number of aryl methyl sites for hydroxylation is 1. The zero-order chi connectivity index (χ0) is 17.7. The van der Waals surface area contributed by atoms with Crippen LogP contribution in [0.15, 0.2) is 34.2 Å². The molecule has 24 heavy (non-hydrogen) atoms. The molecule has 1 aromatic carbocycles. The average Bonchev–Trinajstić information content (AvgIpc) is 2.54. The van der Waals surface area contributed by atoms with E-state index in [1.165, 1.54) is 18.7 Å². The molecule has 0 atom stereocenters. The Balaban J connectivity index is 1.98. The molecule has 0 radical (unpaired) electrons. The third-order valence-electron chi connectivity index (χ3n) is 3.57. The van der Waals surface area contributed by atoms with Gasteiger partial charge in [0.1, 0.15) is 0 Å². The number of H-pyrrole nitrogens is 1. The maximum Gasteiger partial charge on any atom is 0.254 e. The maximum absolute atomic E-state index is 12.0. The quantitative estimate of drug-likeness (QED) is 0.477. The highest BCUT2D eigenvalue weighted by molar-refractivity contribution is 7.98. The number of benzene rings is 1. The predicted molar refractivity (Wildman–Crippen MR) is 94.8 cm³/mol. The van der Waals surface area contributed by atoms with E-state index < -0.39 is 0 Å². The van der Waals surface area contributed by atoms with Gasteiger partial charge < -0.3 is 10.3 Å². The normalized spacial score (nSPS) is 10.5. The maximum atomic E-state index is 12.0. The van der Waals surface area contributed by atoms with E-state index in [1.807, 2.05) is 6.26 Å². The van der Waals surface area contributed by atoms with Crippen LogP contribution in [0.25, 0.3) is 0 Å². The molecule has 0 fully saturated rings. The number of hydrogen-bond donors (Lipinski definition) is 2. The number of aromatic nitrogens is 2. The van der Waals surface area contributed by atoms with Gasteiger partial charge in [0, 0.05) is 28.9 Å². The molecule has 6 nitrogen and oxygen atoms in total. The number of aromatic amines is 1. The van der Waals surface area contributed by atoms with Gasteiger partial charge in [-0.1, -0.05) is 11.8 Å². The largest absolute Gasteiger partial charge is 0.326 e. The third-order valence-corrected chi connectivity index (χ3v) is 4.15. The highest BCUT2D eigenvalue weighted by Crippen LogP contribution is 2.12. The second-order valence-corrected chi connectivity index (χ2v) is 6.12. The average molecular weight is 345 g/mol. The first-order valence-corrected chi connectivity index (χ1v) is 8.68. The van der Waals surface area contributed by atoms with Crippen LogP contribution in [0.3, 0.4) is 0 Å². The Morgan fingerprint density at radius 2 is 1.92 bits per heavy atom. The monoisotopic (exact) mass is 345 g/mol. The second kappa shape index (κ2) is 7.92. The van der Waals surface area contributed by atoms with Crippen molar-refractivity contribution in [3.63, 3.8) is 0 Å². The Morgan fingerprint density at radius 3 is 2.46 bits per heavy atom. The molecule has 1 heterocycles. The summed E-state index contributed by atoms with van der Waals surface area (Å²) in [5.41, 5.74) is 2.17. The number of amides is 1. The van der Waals surface area contributed by atoms with Crippen molar-refractivity contribution >= 4 is 29.1 Å². The van der Waals surface area contributed by atoms with E-state index >= 15 is 0 Å². The molecule has 2 N–H and O–H groups in total. The van der Waals surface area contributed by atoms with Crippen LogP contribution in [-0.2, 0) is 11.2 Å². The van der Waals surface area contributed by atoms with E-state index in [-0.39, 0.29) is 23.7 Å². The van der Waals surface area contributed by atoms with Crippen molar-refractivity contribution in [1.82, 2.24) is 9.97 Å². The molecule has 2 aromatic rings. The molecule has 0 bridgehead atoms. The number of ketones is 1. The molecule has 0 aliphatic carbocycles. The number of Topliss-reactive ketones (excluding diaryl/α,β-unsaturated/α-hetero) is 1. The van der Waals surface area contributed by atoms with Gasteiger partial charge >= 0.3 is 0 Å². The number of nitrogens with one attached hydrogen (secondary N) is 2. The lowest BCUT2D eigenvalue weighted by Crippen LogP contribution is -2.20. The topological polar surface area (TPSA) is 91.9 Å². The minimum atomic E-state index is -0.203. The third kappa shape index (κ3) is 4.55. The van der Waals surface area contributed by atoms with E-state index in [0.29, 0.717) is 34.1 Å². The number of thioether (sulfide) groups is 1. The van der Waals surface area contributed by atoms with Crippen LogP contribution < -0.4 is 10.9 Å². The molecule has 126 valence electrons. The minimum absolute atomic E-state index is 0.0243. The number of rotatable bonds is 6. The van der Waals surface area contributed by atoms with Crippen LogP contribution >= 0.6 is 11.8 Å². The van der Waals surface area contributed by atoms with Crippen LogP contribution in [0.5, 0.6) is 0 Å². The van der Waals surface area contributed by atoms with E-state index in [2.05, 4.69) is 15.3 Å². The predicted octanol–water partition coefficient (Wildman–Crippen LogP) is 2.57. The fraction of sp³-hybridized carbons (Fsp3) is 0.294. The molecule has 0 saturated carbocycles. The number of carbonyl (C=O) groups is 2. The Hall–Kier alpha value is -2.41. The lowest BCUT2D eigenvalue weighted by molar-refractivity contribution is -0.116. The number of nitrogens with zero attached hydrogens (tertiary/aromatic N) is 1. The summed E-state index contributed by atoms with van der Waals surface area (Å²) < 4.78 is 0. The van der Waals surface area contributed by atoms with Crippen molar-refractivity contribution in [3.8, 4) is 0 Å². The van der Waals surface area contributed by atoms with Crippen LogP contribution in [0.2, 0.25) is 0 Å². The van der Waals surface area contributed by atoms with Crippen LogP contribution in [0.4, 0.5) is 5.69 Å². The molecule has 0 spiro atoms. The van der Waals surface area contributed by atoms with Gasteiger partial charge in [-0.15, -0.1) is 0 Å². The molecule has 2 rings (SSSR count). The van der Waals surface area contributed by atoms with E-state index in [9.17, 15) is 14.4 Å². The number of carbonyl (C=O) groups excluding carboxylic acids is 2. The zero-order valence-electron chi connectivity index (χ0n) is 13.8. The van der Waals surface area contributed by atoms with Gasteiger partial charge in [0.25, 0.3) is 5.56 Å². The Bertz CT molecular complexity index is 813. The molecular formula is C17H19N3O3S. The van der Waals surface area contributed by atoms with Crippen LogP contribution in [-0.4, -0.2) is 27.9 Å². The van der Waals surface area contributed by atoms with E-state index in [1.54, 1.807) is 31.2 Å². The van der Waals surface area contributed by atoms with Gasteiger partial charge in [-0.25, -0.2) is 4.98 Å². The molecule has 0 aliphatic heterocycles. The number of anilines is 1. The molecule has 1 amide bonds. The summed E-state index contributed by atoms with van der Waals surface area (Å²) in [4.78, 5) is 42.2. The molecule has 0 aliphatic rings. The summed E-state index contributed by atoms with van der Waals surface area (Å²) >= 11 is 1.37. The second-order valence-electron chi connectivity index (χ2n) is 5.32. The summed E-state index contributed by atoms with van der Waals surface area (Å²) in [6.45, 7) is 3.26. The Morgan fingerprint density at radius 1 is 1.25 bits per heavy atom. The summed E-state index contributed by atoms with van der Waals surface area (Å²) in [7, 11) is 0. The smallest absolute Gasteiger partial charge is 0.254 e. The van der Waals surface area contributed by atoms with Crippen molar-refractivity contribution in [3.05, 3.63) is 51.4 Å². The van der Waals surface area contributed by atoms with Crippen molar-refractivity contribution in [2.45, 2.75) is 31.8 Å². The van der Waals surface area contributed by atoms with Gasteiger partial charge in [0.15, 0.2) is 10.9 Å². The van der Waals surface area contributed by atoms with Gasteiger partial charge in [0.2, 0.25) is 5.91 Å². The van der Waals surface area contributed by atoms with Crippen molar-refractivity contribution in [1.29, 1.82) is 0 Å². The molecular weight excluding hydrogens is 326 g/mol. The summed E-state index contributed by atoms with van der Waals surface area (Å²) in [6.07, 6.45) is 2.33. The lowest BCUT2D eigenvalue weighted by atomic mass is 10.1. The standard InChI is InChI=1S/C17H19N3O3S/c1-10-14(16(23)20-17(18-10)24-3)8-9-15(22)19-13-6-4-12(5-7-13)11(2)21/h4-7H,8-9H2,1-3H3,(H,19,22)(H,18,20,23). The van der Waals surface area contributed by atoms with E-state index in [4.69, 9.17) is 0 Å². The summed E-state index contributed by atoms with van der Waals surface area (Å²) in [5, 5.41) is 3.32. The van der Waals surface area contributed by atoms with Crippen molar-refractivity contribution in [2.24, 2.45) is 0 Å². The minimum Gasteiger partial charge on any atom is -0.326 e. The van der Waals surface area contributed by atoms with Gasteiger partial charge in [0.05, 0.1) is 0 Å². The lowest BCUT2D eigenvalue weighted by Gasteiger charge is -2.07. The first kappa shape index (κ1) is 17.9. The summed E-state index contributed by atoms with van der Waals surface area (Å²) in [5.74, 6) is -0.220. The van der Waals surface area contributed by atoms with Gasteiger partial charge in [-0.3, -0.25) is 14.4 Å². The molecule has 1 aromatic heterocycles. The van der Waals surface area contributed by atoms with Gasteiger partial charge in [-0.2, -0.15) is 0 Å². The highest BCUT2D eigenvalue weighted by atomic mass is 32.2. The highest BCUT2D eigenvalue weighted by Gasteiger charge is 2.11. The van der Waals surface area contributed by atoms with Crippen molar-refractivity contribution in [2.75, 3.05) is 11.6 Å². The Labute approximate surface area is 144 Å². The van der Waals surface area contributed by atoms with Crippen molar-refractivity contribution < 1.29 is 9.59 Å². The molecule has 0 unspecified atom stereocenters. The first-order valence-electron chi connectivity index (χ1n) is 7.45. The fourth-order valence-electron chi connectivity index (χ4n) is 2.23. The number of hydrogen-bond acceptors (Lipinski definition) is 5. The molecule has 0 saturated heterocycles. The van der Waals surface area contributed by atoms with Gasteiger partial charge in [-0.05, 0) is 50.8 Å².